The van der Waals surface area contributed by atoms with E-state index in [4.69, 9.17) is 33.0 Å². The maximum Gasteiger partial charge on any atom is 0.258 e. The third-order valence-electron chi connectivity index (χ3n) is 4.58. The first-order valence-corrected chi connectivity index (χ1v) is 10.1. The highest BCUT2D eigenvalue weighted by Crippen LogP contribution is 2.27. The van der Waals surface area contributed by atoms with Crippen LogP contribution in [0.25, 0.3) is 22.6 Å². The van der Waals surface area contributed by atoms with Crippen LogP contribution in [0.4, 0.5) is 5.69 Å². The zero-order valence-electron chi connectivity index (χ0n) is 16.7. The molecule has 8 heteroatoms. The highest BCUT2D eigenvalue weighted by molar-refractivity contribution is 7.80. The molecule has 156 valence electrons. The summed E-state index contributed by atoms with van der Waals surface area (Å²) in [4.78, 5) is 16.9. The number of hydrogen-bond acceptors (Lipinski definition) is 5. The van der Waals surface area contributed by atoms with Gasteiger partial charge in [-0.05, 0) is 73.2 Å². The van der Waals surface area contributed by atoms with Crippen LogP contribution >= 0.6 is 23.8 Å². The van der Waals surface area contributed by atoms with Gasteiger partial charge in [-0.15, -0.1) is 0 Å². The van der Waals surface area contributed by atoms with E-state index < -0.39 is 0 Å². The minimum Gasteiger partial charge on any atom is -0.497 e. The Kier molecular flexibility index (Phi) is 5.88. The van der Waals surface area contributed by atoms with E-state index in [1.54, 1.807) is 19.2 Å². The van der Waals surface area contributed by atoms with Crippen molar-refractivity contribution in [3.63, 3.8) is 0 Å². The summed E-state index contributed by atoms with van der Waals surface area (Å²) in [6.45, 7) is 1.90. The van der Waals surface area contributed by atoms with E-state index in [1.807, 2.05) is 55.5 Å². The first-order valence-electron chi connectivity index (χ1n) is 9.36. The summed E-state index contributed by atoms with van der Waals surface area (Å²) >= 11 is 11.4. The molecule has 1 amide bonds. The fourth-order valence-electron chi connectivity index (χ4n) is 2.99. The van der Waals surface area contributed by atoms with E-state index in [0.717, 1.165) is 22.4 Å². The van der Waals surface area contributed by atoms with Crippen LogP contribution in [0.3, 0.4) is 0 Å². The Morgan fingerprint density at radius 2 is 1.87 bits per heavy atom. The lowest BCUT2D eigenvalue weighted by molar-refractivity contribution is 0.0978. The third kappa shape index (κ3) is 4.68. The quantitative estimate of drug-likeness (QED) is 0.394. The van der Waals surface area contributed by atoms with Crippen LogP contribution in [0.1, 0.15) is 15.9 Å². The molecule has 1 heterocycles. The molecule has 31 heavy (non-hydrogen) atoms. The lowest BCUT2D eigenvalue weighted by atomic mass is 10.1. The van der Waals surface area contributed by atoms with Gasteiger partial charge in [0.1, 0.15) is 11.3 Å². The van der Waals surface area contributed by atoms with Crippen molar-refractivity contribution in [2.75, 3.05) is 12.4 Å². The molecule has 0 aliphatic carbocycles. The number of thiocarbonyl (C=S) groups is 1. The number of methoxy groups -OCH3 is 1. The fourth-order valence-corrected chi connectivity index (χ4v) is 3.52. The first-order chi connectivity index (χ1) is 14.9. The molecule has 0 saturated heterocycles. The predicted octanol–water partition coefficient (Wildman–Crippen LogP) is 5.59. The number of carbonyl (C=O) groups excluding carboxylic acids is 1. The highest BCUT2D eigenvalue weighted by Gasteiger charge is 2.13. The Morgan fingerprint density at radius 1 is 1.10 bits per heavy atom. The number of halogens is 1. The fraction of sp³-hybridized carbons (Fsp3) is 0.0870. The van der Waals surface area contributed by atoms with E-state index in [1.165, 1.54) is 0 Å². The standard InChI is InChI=1S/C23H18ClN3O3S/c1-13-3-9-17(18(24)11-13)21(28)27-23(31)25-15-6-4-14(5-7-15)22-26-19-12-16(29-2)8-10-20(19)30-22/h3-12H,1-2H3,(H2,25,27,28,31). The number of rotatable bonds is 4. The van der Waals surface area contributed by atoms with Crippen molar-refractivity contribution in [1.29, 1.82) is 0 Å². The largest absolute Gasteiger partial charge is 0.497 e. The van der Waals surface area contributed by atoms with Crippen molar-refractivity contribution in [1.82, 2.24) is 10.3 Å². The summed E-state index contributed by atoms with van der Waals surface area (Å²) in [6.07, 6.45) is 0. The Balaban J connectivity index is 1.43. The van der Waals surface area contributed by atoms with Gasteiger partial charge in [0.05, 0.1) is 17.7 Å². The molecule has 3 aromatic carbocycles. The van der Waals surface area contributed by atoms with Crippen LogP contribution < -0.4 is 15.4 Å². The number of amides is 1. The SMILES string of the molecule is COc1ccc2oc(-c3ccc(NC(=S)NC(=O)c4ccc(C)cc4Cl)cc3)nc2c1. The molecule has 4 rings (SSSR count). The molecule has 2 N–H and O–H groups in total. The van der Waals surface area contributed by atoms with Crippen LogP contribution in [0.15, 0.2) is 65.1 Å². The van der Waals surface area contributed by atoms with Gasteiger partial charge in [-0.25, -0.2) is 4.98 Å². The van der Waals surface area contributed by atoms with E-state index in [9.17, 15) is 4.79 Å². The van der Waals surface area contributed by atoms with Gasteiger partial charge in [0.25, 0.3) is 5.91 Å². The number of oxazole rings is 1. The van der Waals surface area contributed by atoms with E-state index in [-0.39, 0.29) is 11.0 Å². The van der Waals surface area contributed by atoms with E-state index in [0.29, 0.717) is 27.7 Å². The molecule has 6 nitrogen and oxygen atoms in total. The molecule has 0 aliphatic rings. The zero-order valence-corrected chi connectivity index (χ0v) is 18.3. The summed E-state index contributed by atoms with van der Waals surface area (Å²) in [5, 5.41) is 6.16. The maximum atomic E-state index is 12.4. The van der Waals surface area contributed by atoms with Crippen LogP contribution in [-0.2, 0) is 0 Å². The Labute approximate surface area is 189 Å². The average molecular weight is 452 g/mol. The summed E-state index contributed by atoms with van der Waals surface area (Å²) < 4.78 is 11.0. The molecule has 0 fully saturated rings. The predicted molar refractivity (Wildman–Crippen MR) is 126 cm³/mol. The number of carbonyl (C=O) groups is 1. The monoisotopic (exact) mass is 451 g/mol. The van der Waals surface area contributed by atoms with Gasteiger partial charge < -0.3 is 14.5 Å². The highest BCUT2D eigenvalue weighted by atomic mass is 35.5. The molecule has 1 aromatic heterocycles. The number of hydrogen-bond donors (Lipinski definition) is 2. The molecule has 0 saturated carbocycles. The van der Waals surface area contributed by atoms with Crippen molar-refractivity contribution in [3.8, 4) is 17.2 Å². The number of aryl methyl sites for hydroxylation is 1. The number of aromatic nitrogens is 1. The van der Waals surface area contributed by atoms with E-state index >= 15 is 0 Å². The van der Waals surface area contributed by atoms with Gasteiger partial charge in [-0.2, -0.15) is 0 Å². The van der Waals surface area contributed by atoms with Crippen LogP contribution in [-0.4, -0.2) is 23.1 Å². The zero-order chi connectivity index (χ0) is 22.0. The molecule has 0 spiro atoms. The van der Waals surface area contributed by atoms with Crippen molar-refractivity contribution in [2.45, 2.75) is 6.92 Å². The minimum atomic E-state index is -0.374. The van der Waals surface area contributed by atoms with Gasteiger partial charge >= 0.3 is 0 Å². The van der Waals surface area contributed by atoms with Crippen molar-refractivity contribution in [3.05, 3.63) is 76.8 Å². The second-order valence-electron chi connectivity index (χ2n) is 6.82. The summed E-state index contributed by atoms with van der Waals surface area (Å²) in [5.41, 5.74) is 4.25. The van der Waals surface area contributed by atoms with Gasteiger partial charge in [0.2, 0.25) is 5.89 Å². The van der Waals surface area contributed by atoms with Crippen LogP contribution in [0.2, 0.25) is 5.02 Å². The Hall–Kier alpha value is -3.42. The summed E-state index contributed by atoms with van der Waals surface area (Å²) in [5.74, 6) is 0.843. The minimum absolute atomic E-state index is 0.170. The summed E-state index contributed by atoms with van der Waals surface area (Å²) in [6, 6.07) is 18.0. The lowest BCUT2D eigenvalue weighted by Crippen LogP contribution is -2.34. The first kappa shape index (κ1) is 20.8. The second kappa shape index (κ2) is 8.75. The lowest BCUT2D eigenvalue weighted by Gasteiger charge is -2.11. The molecule has 0 unspecified atom stereocenters. The Morgan fingerprint density at radius 3 is 2.58 bits per heavy atom. The number of ether oxygens (including phenoxy) is 1. The molecular formula is C23H18ClN3O3S. The van der Waals surface area contributed by atoms with E-state index in [2.05, 4.69) is 15.6 Å². The molecular weight excluding hydrogens is 434 g/mol. The number of benzene rings is 3. The van der Waals surface area contributed by atoms with Crippen molar-refractivity contribution in [2.24, 2.45) is 0 Å². The number of nitrogens with zero attached hydrogens (tertiary/aromatic N) is 1. The number of nitrogens with one attached hydrogen (secondary N) is 2. The van der Waals surface area contributed by atoms with Gasteiger partial charge in [0.15, 0.2) is 10.7 Å². The maximum absolute atomic E-state index is 12.4. The molecule has 0 atom stereocenters. The van der Waals surface area contributed by atoms with Crippen LogP contribution in [0, 0.1) is 6.92 Å². The molecule has 0 aliphatic heterocycles. The second-order valence-corrected chi connectivity index (χ2v) is 7.64. The molecule has 4 aromatic rings. The van der Waals surface area contributed by atoms with Crippen molar-refractivity contribution < 1.29 is 13.9 Å². The van der Waals surface area contributed by atoms with Crippen molar-refractivity contribution >= 4 is 51.6 Å². The summed E-state index contributed by atoms with van der Waals surface area (Å²) in [7, 11) is 1.61. The van der Waals surface area contributed by atoms with Gasteiger partial charge in [-0.1, -0.05) is 17.7 Å². The average Bonchev–Trinajstić information content (AvgIpc) is 3.17. The number of fused-ring (bicyclic) bond motifs is 1. The molecule has 0 radical (unpaired) electrons. The van der Waals surface area contributed by atoms with Gasteiger partial charge in [-0.3, -0.25) is 10.1 Å². The third-order valence-corrected chi connectivity index (χ3v) is 5.10. The smallest absolute Gasteiger partial charge is 0.258 e. The van der Waals surface area contributed by atoms with Crippen LogP contribution in [0.5, 0.6) is 5.75 Å². The Bertz CT molecular complexity index is 1290. The van der Waals surface area contributed by atoms with Gasteiger partial charge in [0, 0.05) is 17.3 Å². The topological polar surface area (TPSA) is 76.4 Å². The molecule has 0 bridgehead atoms. The normalized spacial score (nSPS) is 10.7. The number of anilines is 1.